The predicted molar refractivity (Wildman–Crippen MR) is 71.5 cm³/mol. The van der Waals surface area contributed by atoms with E-state index in [1.807, 2.05) is 20.8 Å². The molecule has 4 nitrogen and oxygen atoms in total. The maximum atomic E-state index is 12.3. The quantitative estimate of drug-likeness (QED) is 0.785. The first-order chi connectivity index (χ1) is 7.84. The normalized spacial score (nSPS) is 26.7. The Morgan fingerprint density at radius 1 is 1.47 bits per heavy atom. The largest absolute Gasteiger partial charge is 0.280 e. The van der Waals surface area contributed by atoms with Gasteiger partial charge in [-0.15, -0.1) is 11.6 Å². The fourth-order valence-corrected chi connectivity index (χ4v) is 4.23. The maximum absolute atomic E-state index is 12.3. The number of alkyl halides is 1. The first-order valence-electron chi connectivity index (χ1n) is 6.21. The Bertz CT molecular complexity index is 341. The first kappa shape index (κ1) is 15.2. The summed E-state index contributed by atoms with van der Waals surface area (Å²) in [5.41, 5.74) is -0.558. The second-order valence-corrected chi connectivity index (χ2v) is 7.00. The Hall–Kier alpha value is 0.160. The summed E-state index contributed by atoms with van der Waals surface area (Å²) in [6, 6.07) is 0.0812. The van der Waals surface area contributed by atoms with Crippen molar-refractivity contribution >= 4 is 21.8 Å². The summed E-state index contributed by atoms with van der Waals surface area (Å²) in [4.78, 5) is 0. The van der Waals surface area contributed by atoms with Crippen LogP contribution in [0.15, 0.2) is 0 Å². The van der Waals surface area contributed by atoms with Crippen molar-refractivity contribution < 1.29 is 8.42 Å². The molecule has 1 aliphatic rings. The summed E-state index contributed by atoms with van der Waals surface area (Å²) >= 11 is 5.84. The second kappa shape index (κ2) is 5.87. The third-order valence-corrected chi connectivity index (χ3v) is 6.00. The van der Waals surface area contributed by atoms with Crippen molar-refractivity contribution in [1.82, 2.24) is 9.03 Å². The second-order valence-electron chi connectivity index (χ2n) is 5.11. The van der Waals surface area contributed by atoms with Crippen LogP contribution in [0.25, 0.3) is 0 Å². The van der Waals surface area contributed by atoms with Gasteiger partial charge < -0.3 is 0 Å². The highest BCUT2D eigenvalue weighted by Gasteiger charge is 2.34. The molecule has 2 unspecified atom stereocenters. The van der Waals surface area contributed by atoms with E-state index in [1.54, 1.807) is 4.31 Å². The average molecular weight is 283 g/mol. The molecule has 0 aromatic carbocycles. The lowest BCUT2D eigenvalue weighted by molar-refractivity contribution is 0.259. The number of rotatable bonds is 5. The molecule has 0 aromatic rings. The minimum absolute atomic E-state index is 0.0812. The van der Waals surface area contributed by atoms with E-state index in [0.717, 1.165) is 19.3 Å². The van der Waals surface area contributed by atoms with Crippen LogP contribution in [-0.4, -0.2) is 36.7 Å². The summed E-state index contributed by atoms with van der Waals surface area (Å²) in [5, 5.41) is 0. The van der Waals surface area contributed by atoms with Crippen LogP contribution in [0.2, 0.25) is 0 Å². The molecular formula is C11H23ClN2O2S. The summed E-state index contributed by atoms with van der Waals surface area (Å²) in [5.74, 6) is 0.283. The number of nitrogens with one attached hydrogen (secondary N) is 1. The summed E-state index contributed by atoms with van der Waals surface area (Å²) < 4.78 is 28.9. The van der Waals surface area contributed by atoms with E-state index in [0.29, 0.717) is 13.0 Å². The van der Waals surface area contributed by atoms with Gasteiger partial charge >= 0.3 is 0 Å². The Morgan fingerprint density at radius 2 is 2.12 bits per heavy atom. The SMILES string of the molecule is CCC(C)(CCl)NS(=O)(=O)N1CCCCC1C. The molecule has 1 N–H and O–H groups in total. The van der Waals surface area contributed by atoms with Crippen molar-refractivity contribution in [1.29, 1.82) is 0 Å². The van der Waals surface area contributed by atoms with E-state index >= 15 is 0 Å². The topological polar surface area (TPSA) is 49.4 Å². The van der Waals surface area contributed by atoms with Gasteiger partial charge in [0.1, 0.15) is 0 Å². The molecule has 1 rings (SSSR count). The van der Waals surface area contributed by atoms with Crippen LogP contribution in [0.5, 0.6) is 0 Å². The molecule has 0 amide bonds. The van der Waals surface area contributed by atoms with Gasteiger partial charge in [-0.1, -0.05) is 13.3 Å². The number of hydrogen-bond donors (Lipinski definition) is 1. The van der Waals surface area contributed by atoms with Crippen LogP contribution in [0, 0.1) is 0 Å². The van der Waals surface area contributed by atoms with Gasteiger partial charge in [0.15, 0.2) is 0 Å². The third-order valence-electron chi connectivity index (χ3n) is 3.50. The molecular weight excluding hydrogens is 260 g/mol. The van der Waals surface area contributed by atoms with E-state index in [1.165, 1.54) is 0 Å². The Labute approximate surface area is 110 Å². The van der Waals surface area contributed by atoms with Crippen molar-refractivity contribution in [2.75, 3.05) is 12.4 Å². The van der Waals surface area contributed by atoms with Crippen molar-refractivity contribution in [2.24, 2.45) is 0 Å². The summed E-state index contributed by atoms with van der Waals surface area (Å²) in [6.07, 6.45) is 3.66. The van der Waals surface area contributed by atoms with Gasteiger partial charge in [-0.2, -0.15) is 17.4 Å². The van der Waals surface area contributed by atoms with E-state index in [2.05, 4.69) is 4.72 Å². The fraction of sp³-hybridized carbons (Fsp3) is 1.00. The monoisotopic (exact) mass is 282 g/mol. The summed E-state index contributed by atoms with van der Waals surface area (Å²) in [7, 11) is -3.42. The van der Waals surface area contributed by atoms with E-state index in [9.17, 15) is 8.42 Å². The van der Waals surface area contributed by atoms with E-state index < -0.39 is 15.7 Å². The Morgan fingerprint density at radius 3 is 2.59 bits per heavy atom. The minimum Gasteiger partial charge on any atom is -0.195 e. The van der Waals surface area contributed by atoms with Gasteiger partial charge in [-0.25, -0.2) is 0 Å². The van der Waals surface area contributed by atoms with E-state index in [-0.39, 0.29) is 11.9 Å². The van der Waals surface area contributed by atoms with Gasteiger partial charge in [0.25, 0.3) is 10.2 Å². The minimum atomic E-state index is -3.42. The molecule has 1 heterocycles. The number of hydrogen-bond acceptors (Lipinski definition) is 2. The number of halogens is 1. The van der Waals surface area contributed by atoms with Crippen LogP contribution in [-0.2, 0) is 10.2 Å². The molecule has 0 spiro atoms. The maximum Gasteiger partial charge on any atom is 0.280 e. The Balaban J connectivity index is 2.80. The first-order valence-corrected chi connectivity index (χ1v) is 8.19. The van der Waals surface area contributed by atoms with E-state index in [4.69, 9.17) is 11.6 Å². The summed E-state index contributed by atoms with van der Waals surface area (Å²) in [6.45, 7) is 6.34. The van der Waals surface area contributed by atoms with Crippen LogP contribution in [0.4, 0.5) is 0 Å². The standard InChI is InChI=1S/C11H23ClN2O2S/c1-4-11(3,9-12)13-17(15,16)14-8-6-5-7-10(14)2/h10,13H,4-9H2,1-3H3. The molecule has 2 atom stereocenters. The van der Waals surface area contributed by atoms with Gasteiger partial charge in [0, 0.05) is 24.0 Å². The van der Waals surface area contributed by atoms with Gasteiger partial charge in [0.2, 0.25) is 0 Å². The van der Waals surface area contributed by atoms with Crippen molar-refractivity contribution in [3.05, 3.63) is 0 Å². The highest BCUT2D eigenvalue weighted by atomic mass is 35.5. The lowest BCUT2D eigenvalue weighted by Gasteiger charge is -2.36. The molecule has 102 valence electrons. The molecule has 0 bridgehead atoms. The highest BCUT2D eigenvalue weighted by molar-refractivity contribution is 7.87. The predicted octanol–water partition coefficient (Wildman–Crippen LogP) is 2.10. The van der Waals surface area contributed by atoms with Crippen molar-refractivity contribution in [3.8, 4) is 0 Å². The Kier molecular flexibility index (Phi) is 5.25. The molecule has 1 saturated heterocycles. The zero-order valence-corrected chi connectivity index (χ0v) is 12.4. The zero-order valence-electron chi connectivity index (χ0n) is 10.9. The molecule has 6 heteroatoms. The van der Waals surface area contributed by atoms with Crippen molar-refractivity contribution in [3.63, 3.8) is 0 Å². The van der Waals surface area contributed by atoms with Crippen LogP contribution < -0.4 is 4.72 Å². The third kappa shape index (κ3) is 3.81. The van der Waals surface area contributed by atoms with Crippen LogP contribution >= 0.6 is 11.6 Å². The van der Waals surface area contributed by atoms with Crippen molar-refractivity contribution in [2.45, 2.75) is 58.0 Å². The van der Waals surface area contributed by atoms with Gasteiger partial charge in [-0.05, 0) is 33.1 Å². The number of nitrogens with zero attached hydrogens (tertiary/aromatic N) is 1. The molecule has 0 radical (unpaired) electrons. The highest BCUT2D eigenvalue weighted by Crippen LogP contribution is 2.21. The average Bonchev–Trinajstić information content (AvgIpc) is 2.28. The fourth-order valence-electron chi connectivity index (χ4n) is 1.99. The smallest absolute Gasteiger partial charge is 0.195 e. The van der Waals surface area contributed by atoms with Crippen LogP contribution in [0.3, 0.4) is 0 Å². The van der Waals surface area contributed by atoms with Crippen LogP contribution in [0.1, 0.15) is 46.5 Å². The molecule has 0 aromatic heterocycles. The molecule has 1 aliphatic heterocycles. The lowest BCUT2D eigenvalue weighted by Crippen LogP contribution is -2.55. The van der Waals surface area contributed by atoms with Gasteiger partial charge in [-0.3, -0.25) is 0 Å². The molecule has 17 heavy (non-hydrogen) atoms. The molecule has 0 aliphatic carbocycles. The zero-order chi connectivity index (χ0) is 13.1. The molecule has 0 saturated carbocycles. The lowest BCUT2D eigenvalue weighted by atomic mass is 10.0. The molecule has 1 fully saturated rings. The van der Waals surface area contributed by atoms with Gasteiger partial charge in [0.05, 0.1) is 0 Å². The number of piperidine rings is 1.